The Morgan fingerprint density at radius 1 is 1.00 bits per heavy atom. The van der Waals surface area contributed by atoms with E-state index in [-0.39, 0.29) is 18.3 Å². The zero-order valence-corrected chi connectivity index (χ0v) is 20.4. The summed E-state index contributed by atoms with van der Waals surface area (Å²) in [6.45, 7) is 2.32. The molecule has 0 bridgehead atoms. The van der Waals surface area contributed by atoms with E-state index in [9.17, 15) is 18.0 Å². The summed E-state index contributed by atoms with van der Waals surface area (Å²) in [4.78, 5) is 17.1. The zero-order chi connectivity index (χ0) is 26.5. The fourth-order valence-corrected chi connectivity index (χ4v) is 4.31. The minimum atomic E-state index is -4.72. The van der Waals surface area contributed by atoms with Gasteiger partial charge in [-0.3, -0.25) is 9.36 Å². The predicted molar refractivity (Wildman–Crippen MR) is 134 cm³/mol. The molecule has 10 heteroatoms. The van der Waals surface area contributed by atoms with Crippen LogP contribution in [-0.2, 0) is 11.3 Å². The van der Waals surface area contributed by atoms with Crippen LogP contribution < -0.4 is 14.8 Å². The Kier molecular flexibility index (Phi) is 7.50. The number of benzene rings is 3. The molecule has 1 amide bonds. The van der Waals surface area contributed by atoms with Gasteiger partial charge in [0.1, 0.15) is 24.4 Å². The molecule has 0 radical (unpaired) electrons. The first-order valence-corrected chi connectivity index (χ1v) is 12.2. The van der Waals surface area contributed by atoms with E-state index in [0.29, 0.717) is 34.9 Å². The van der Waals surface area contributed by atoms with Gasteiger partial charge < -0.3 is 19.5 Å². The molecule has 5 rings (SSSR count). The number of alkyl halides is 3. The van der Waals surface area contributed by atoms with Gasteiger partial charge in [0, 0.05) is 31.0 Å². The third kappa shape index (κ3) is 6.44. The molecule has 1 aromatic heterocycles. The topological polar surface area (TPSA) is 74.6 Å². The van der Waals surface area contributed by atoms with Gasteiger partial charge in [0.15, 0.2) is 0 Å². The average Bonchev–Trinajstić information content (AvgIpc) is 3.35. The lowest BCUT2D eigenvalue weighted by Crippen LogP contribution is -2.32. The lowest BCUT2D eigenvalue weighted by molar-refractivity contribution is -0.274. The van der Waals surface area contributed by atoms with Crippen LogP contribution in [0.15, 0.2) is 73.1 Å². The van der Waals surface area contributed by atoms with Crippen LogP contribution in [0.1, 0.15) is 28.8 Å². The van der Waals surface area contributed by atoms with E-state index >= 15 is 0 Å². The van der Waals surface area contributed by atoms with E-state index in [1.54, 1.807) is 30.6 Å². The number of fused-ring (bicyclic) bond motifs is 1. The maximum Gasteiger partial charge on any atom is 0.573 e. The number of nitrogens with zero attached hydrogens (tertiary/aromatic N) is 2. The SMILES string of the molecule is O=C(NCC1CCOCC1)c1ccc2c(c1)ncn2-c1ccc(OCc2ccc(OC(F)(F)F)cc2)cc1. The van der Waals surface area contributed by atoms with Gasteiger partial charge in [0.2, 0.25) is 0 Å². The third-order valence-corrected chi connectivity index (χ3v) is 6.38. The van der Waals surface area contributed by atoms with Crippen molar-refractivity contribution < 1.29 is 32.2 Å². The van der Waals surface area contributed by atoms with Crippen LogP contribution in [0.3, 0.4) is 0 Å². The number of hydrogen-bond donors (Lipinski definition) is 1. The summed E-state index contributed by atoms with van der Waals surface area (Å²) >= 11 is 0. The smallest absolute Gasteiger partial charge is 0.489 e. The van der Waals surface area contributed by atoms with Gasteiger partial charge in [-0.25, -0.2) is 4.98 Å². The van der Waals surface area contributed by atoms with Crippen molar-refractivity contribution in [2.45, 2.75) is 25.8 Å². The quantitative estimate of drug-likeness (QED) is 0.321. The second kappa shape index (κ2) is 11.1. The summed E-state index contributed by atoms with van der Waals surface area (Å²) in [5, 5.41) is 3.02. The van der Waals surface area contributed by atoms with Crippen molar-refractivity contribution in [3.63, 3.8) is 0 Å². The zero-order valence-electron chi connectivity index (χ0n) is 20.4. The summed E-state index contributed by atoms with van der Waals surface area (Å²) in [7, 11) is 0. The number of nitrogens with one attached hydrogen (secondary N) is 1. The third-order valence-electron chi connectivity index (χ3n) is 6.38. The maximum absolute atomic E-state index is 12.6. The molecule has 0 unspecified atom stereocenters. The first-order valence-electron chi connectivity index (χ1n) is 12.2. The molecule has 1 N–H and O–H groups in total. The second-order valence-corrected chi connectivity index (χ2v) is 9.06. The number of imidazole rings is 1. The molecular weight excluding hydrogens is 499 g/mol. The Balaban J connectivity index is 1.19. The van der Waals surface area contributed by atoms with Crippen molar-refractivity contribution in [3.05, 3.63) is 84.2 Å². The van der Waals surface area contributed by atoms with Gasteiger partial charge >= 0.3 is 6.36 Å². The molecule has 1 fully saturated rings. The van der Waals surface area contributed by atoms with Crippen LogP contribution in [0.5, 0.6) is 11.5 Å². The average molecular weight is 526 g/mol. The fraction of sp³-hybridized carbons (Fsp3) is 0.286. The fourth-order valence-electron chi connectivity index (χ4n) is 4.31. The lowest BCUT2D eigenvalue weighted by atomic mass is 10.0. The van der Waals surface area contributed by atoms with Crippen molar-refractivity contribution in [3.8, 4) is 17.2 Å². The van der Waals surface area contributed by atoms with Gasteiger partial charge in [-0.1, -0.05) is 12.1 Å². The monoisotopic (exact) mass is 525 g/mol. The van der Waals surface area contributed by atoms with Crippen LogP contribution in [0.2, 0.25) is 0 Å². The van der Waals surface area contributed by atoms with Gasteiger partial charge in [0.25, 0.3) is 5.91 Å². The molecule has 0 spiro atoms. The van der Waals surface area contributed by atoms with E-state index in [1.807, 2.05) is 22.8 Å². The standard InChI is InChI=1S/C28H26F3N3O4/c29-28(30,31)38-24-6-1-20(2-7-24)17-37-23-8-4-22(5-9-23)34-18-33-25-15-21(3-10-26(25)34)27(35)32-16-19-11-13-36-14-12-19/h1-10,15,18-19H,11-14,16-17H2,(H,32,35). The van der Waals surface area contributed by atoms with Crippen LogP contribution in [0, 0.1) is 5.92 Å². The van der Waals surface area contributed by atoms with Crippen molar-refractivity contribution >= 4 is 16.9 Å². The summed E-state index contributed by atoms with van der Waals surface area (Å²) in [5.41, 5.74) is 3.71. The van der Waals surface area contributed by atoms with Crippen molar-refractivity contribution in [1.82, 2.24) is 14.9 Å². The number of hydrogen-bond acceptors (Lipinski definition) is 5. The van der Waals surface area contributed by atoms with Gasteiger partial charge in [-0.2, -0.15) is 0 Å². The Labute approximate surface area is 217 Å². The number of halogens is 3. The summed E-state index contributed by atoms with van der Waals surface area (Å²) in [6.07, 6.45) is -1.10. The molecule has 3 aromatic carbocycles. The number of rotatable bonds is 8. The molecular formula is C28H26F3N3O4. The van der Waals surface area contributed by atoms with Crippen LogP contribution in [0.4, 0.5) is 13.2 Å². The maximum atomic E-state index is 12.6. The number of carbonyl (C=O) groups excluding carboxylic acids is 1. The number of amides is 1. The molecule has 198 valence electrons. The Morgan fingerprint density at radius 3 is 2.42 bits per heavy atom. The van der Waals surface area contributed by atoms with E-state index in [4.69, 9.17) is 9.47 Å². The van der Waals surface area contributed by atoms with Crippen molar-refractivity contribution in [1.29, 1.82) is 0 Å². The molecule has 1 aliphatic rings. The molecule has 1 saturated heterocycles. The minimum Gasteiger partial charge on any atom is -0.489 e. The summed E-state index contributed by atoms with van der Waals surface area (Å²) in [6, 6.07) is 18.4. The number of carbonyl (C=O) groups is 1. The predicted octanol–water partition coefficient (Wildman–Crippen LogP) is 5.66. The Hall–Kier alpha value is -4.05. The van der Waals surface area contributed by atoms with Crippen molar-refractivity contribution in [2.24, 2.45) is 5.92 Å². The van der Waals surface area contributed by atoms with Gasteiger partial charge in [-0.15, -0.1) is 13.2 Å². The highest BCUT2D eigenvalue weighted by atomic mass is 19.4. The van der Waals surface area contributed by atoms with E-state index in [0.717, 1.165) is 37.3 Å². The first kappa shape index (κ1) is 25.6. The van der Waals surface area contributed by atoms with Crippen LogP contribution in [0.25, 0.3) is 16.7 Å². The van der Waals surface area contributed by atoms with Crippen LogP contribution >= 0.6 is 0 Å². The lowest BCUT2D eigenvalue weighted by Gasteiger charge is -2.22. The molecule has 38 heavy (non-hydrogen) atoms. The first-order chi connectivity index (χ1) is 18.3. The summed E-state index contributed by atoms with van der Waals surface area (Å²) in [5.74, 6) is 0.663. The molecule has 0 aliphatic carbocycles. The van der Waals surface area contributed by atoms with E-state index in [2.05, 4.69) is 15.0 Å². The van der Waals surface area contributed by atoms with Gasteiger partial charge in [-0.05, 0) is 78.9 Å². The molecule has 1 aliphatic heterocycles. The highest BCUT2D eigenvalue weighted by Crippen LogP contribution is 2.25. The minimum absolute atomic E-state index is 0.114. The largest absolute Gasteiger partial charge is 0.573 e. The van der Waals surface area contributed by atoms with Crippen molar-refractivity contribution in [2.75, 3.05) is 19.8 Å². The normalized spacial score (nSPS) is 14.4. The Morgan fingerprint density at radius 2 is 1.71 bits per heavy atom. The highest BCUT2D eigenvalue weighted by Gasteiger charge is 2.31. The number of ether oxygens (including phenoxy) is 3. The molecule has 2 heterocycles. The molecule has 0 atom stereocenters. The molecule has 0 saturated carbocycles. The van der Waals surface area contributed by atoms with E-state index in [1.165, 1.54) is 24.3 Å². The number of aromatic nitrogens is 2. The Bertz CT molecular complexity index is 1380. The second-order valence-electron chi connectivity index (χ2n) is 9.06. The molecule has 4 aromatic rings. The van der Waals surface area contributed by atoms with Gasteiger partial charge in [0.05, 0.1) is 11.0 Å². The highest BCUT2D eigenvalue weighted by molar-refractivity contribution is 5.97. The summed E-state index contributed by atoms with van der Waals surface area (Å²) < 4.78 is 53.8. The molecule has 7 nitrogen and oxygen atoms in total. The van der Waals surface area contributed by atoms with E-state index < -0.39 is 6.36 Å². The van der Waals surface area contributed by atoms with Crippen LogP contribution in [-0.4, -0.2) is 41.6 Å².